The molecule has 0 amide bonds. The van der Waals surface area contributed by atoms with Crippen LogP contribution < -0.4 is 5.32 Å². The van der Waals surface area contributed by atoms with Crippen molar-refractivity contribution in [3.63, 3.8) is 0 Å². The van der Waals surface area contributed by atoms with Crippen LogP contribution in [0.3, 0.4) is 0 Å². The van der Waals surface area contributed by atoms with Crippen LogP contribution in [-0.4, -0.2) is 20.3 Å². The highest BCUT2D eigenvalue weighted by Gasteiger charge is 2.03. The molecule has 1 rings (SSSR count). The van der Waals surface area contributed by atoms with Gasteiger partial charge >= 0.3 is 0 Å². The highest BCUT2D eigenvalue weighted by molar-refractivity contribution is 9.10. The lowest BCUT2D eigenvalue weighted by Gasteiger charge is -2.10. The molecule has 0 aliphatic rings. The van der Waals surface area contributed by atoms with Gasteiger partial charge in [-0.25, -0.2) is 0 Å². The van der Waals surface area contributed by atoms with Gasteiger partial charge in [-0.1, -0.05) is 28.1 Å². The fourth-order valence-corrected chi connectivity index (χ4v) is 1.84. The second-order valence-electron chi connectivity index (χ2n) is 3.65. The van der Waals surface area contributed by atoms with Gasteiger partial charge in [-0.2, -0.15) is 0 Å². The Balaban J connectivity index is 2.58. The third-order valence-corrected chi connectivity index (χ3v) is 3.71. The van der Waals surface area contributed by atoms with Gasteiger partial charge in [0.15, 0.2) is 0 Å². The van der Waals surface area contributed by atoms with E-state index in [1.54, 1.807) is 7.11 Å². The smallest absolute Gasteiger partial charge is 0.0587 e. The molecular formula is C12H18BrNO. The third kappa shape index (κ3) is 3.59. The van der Waals surface area contributed by atoms with E-state index in [1.807, 2.05) is 0 Å². The standard InChI is InChI=1S/C12H18BrNO/c1-9-4-5-11(10(2)12(9)13)8-14-6-7-15-3/h4-5,14H,6-8H2,1-3H3. The summed E-state index contributed by atoms with van der Waals surface area (Å²) in [6.45, 7) is 6.80. The Kier molecular flexibility index (Phi) is 5.29. The van der Waals surface area contributed by atoms with Gasteiger partial charge in [-0.05, 0) is 30.5 Å². The van der Waals surface area contributed by atoms with Crippen molar-refractivity contribution in [3.05, 3.63) is 33.3 Å². The molecule has 1 N–H and O–H groups in total. The van der Waals surface area contributed by atoms with Crippen molar-refractivity contribution >= 4 is 15.9 Å². The zero-order valence-electron chi connectivity index (χ0n) is 9.56. The van der Waals surface area contributed by atoms with Gasteiger partial charge in [0.2, 0.25) is 0 Å². The molecule has 0 spiro atoms. The van der Waals surface area contributed by atoms with Crippen LogP contribution in [-0.2, 0) is 11.3 Å². The maximum Gasteiger partial charge on any atom is 0.0587 e. The number of hydrogen-bond acceptors (Lipinski definition) is 2. The highest BCUT2D eigenvalue weighted by atomic mass is 79.9. The molecule has 0 saturated heterocycles. The summed E-state index contributed by atoms with van der Waals surface area (Å²) in [6, 6.07) is 4.32. The van der Waals surface area contributed by atoms with Crippen LogP contribution in [0.15, 0.2) is 16.6 Å². The SMILES string of the molecule is COCCNCc1ccc(C)c(Br)c1C. The third-order valence-electron chi connectivity index (χ3n) is 2.49. The van der Waals surface area contributed by atoms with Crippen LogP contribution in [0.2, 0.25) is 0 Å². The van der Waals surface area contributed by atoms with Crippen LogP contribution in [0.1, 0.15) is 16.7 Å². The molecule has 15 heavy (non-hydrogen) atoms. The number of rotatable bonds is 5. The van der Waals surface area contributed by atoms with Crippen molar-refractivity contribution in [1.29, 1.82) is 0 Å². The molecular weight excluding hydrogens is 254 g/mol. The summed E-state index contributed by atoms with van der Waals surface area (Å²) in [5.41, 5.74) is 3.94. The lowest BCUT2D eigenvalue weighted by molar-refractivity contribution is 0.199. The van der Waals surface area contributed by atoms with Crippen LogP contribution in [0.5, 0.6) is 0 Å². The number of nitrogens with one attached hydrogen (secondary N) is 1. The summed E-state index contributed by atoms with van der Waals surface area (Å²) < 4.78 is 6.20. The lowest BCUT2D eigenvalue weighted by Crippen LogP contribution is -2.19. The summed E-state index contributed by atoms with van der Waals surface area (Å²) in [5.74, 6) is 0. The summed E-state index contributed by atoms with van der Waals surface area (Å²) in [5, 5.41) is 3.34. The molecule has 0 heterocycles. The van der Waals surface area contributed by atoms with Crippen molar-refractivity contribution in [2.45, 2.75) is 20.4 Å². The van der Waals surface area contributed by atoms with Gasteiger partial charge in [-0.15, -0.1) is 0 Å². The monoisotopic (exact) mass is 271 g/mol. The largest absolute Gasteiger partial charge is 0.383 e. The van der Waals surface area contributed by atoms with Crippen molar-refractivity contribution in [2.75, 3.05) is 20.3 Å². The Morgan fingerprint density at radius 1 is 1.33 bits per heavy atom. The maximum absolute atomic E-state index is 4.98. The Morgan fingerprint density at radius 3 is 2.73 bits per heavy atom. The predicted octanol–water partition coefficient (Wildman–Crippen LogP) is 2.80. The molecule has 0 saturated carbocycles. The van der Waals surface area contributed by atoms with Crippen molar-refractivity contribution in [3.8, 4) is 0 Å². The zero-order valence-corrected chi connectivity index (χ0v) is 11.1. The van der Waals surface area contributed by atoms with Crippen LogP contribution in [0, 0.1) is 13.8 Å². The van der Waals surface area contributed by atoms with E-state index in [2.05, 4.69) is 47.2 Å². The van der Waals surface area contributed by atoms with Crippen LogP contribution >= 0.6 is 15.9 Å². The maximum atomic E-state index is 4.98. The molecule has 0 atom stereocenters. The van der Waals surface area contributed by atoms with Gasteiger partial charge in [0.25, 0.3) is 0 Å². The molecule has 84 valence electrons. The molecule has 2 nitrogen and oxygen atoms in total. The Hall–Kier alpha value is -0.380. The normalized spacial score (nSPS) is 10.7. The predicted molar refractivity (Wildman–Crippen MR) is 67.2 cm³/mol. The average molecular weight is 272 g/mol. The fourth-order valence-electron chi connectivity index (χ4n) is 1.45. The Bertz CT molecular complexity index is 326. The Labute approximate surface area is 100 Å². The fraction of sp³-hybridized carbons (Fsp3) is 0.500. The van der Waals surface area contributed by atoms with Crippen LogP contribution in [0.25, 0.3) is 0 Å². The van der Waals surface area contributed by atoms with E-state index in [0.717, 1.165) is 19.7 Å². The summed E-state index contributed by atoms with van der Waals surface area (Å²) in [4.78, 5) is 0. The first-order chi connectivity index (χ1) is 7.16. The molecule has 1 aromatic rings. The number of methoxy groups -OCH3 is 1. The van der Waals surface area contributed by atoms with E-state index in [-0.39, 0.29) is 0 Å². The van der Waals surface area contributed by atoms with Gasteiger partial charge < -0.3 is 10.1 Å². The first-order valence-corrected chi connectivity index (χ1v) is 5.90. The van der Waals surface area contributed by atoms with Gasteiger partial charge in [0.1, 0.15) is 0 Å². The quantitative estimate of drug-likeness (QED) is 0.832. The lowest BCUT2D eigenvalue weighted by atomic mass is 10.1. The summed E-state index contributed by atoms with van der Waals surface area (Å²) in [6.07, 6.45) is 0. The minimum Gasteiger partial charge on any atom is -0.383 e. The topological polar surface area (TPSA) is 21.3 Å². The van der Waals surface area contributed by atoms with E-state index < -0.39 is 0 Å². The molecule has 0 bridgehead atoms. The number of ether oxygens (including phenoxy) is 1. The molecule has 3 heteroatoms. The van der Waals surface area contributed by atoms with Gasteiger partial charge in [0, 0.05) is 24.7 Å². The molecule has 1 aromatic carbocycles. The van der Waals surface area contributed by atoms with Crippen LogP contribution in [0.4, 0.5) is 0 Å². The van der Waals surface area contributed by atoms with Crippen molar-refractivity contribution < 1.29 is 4.74 Å². The first kappa shape index (κ1) is 12.7. The minimum atomic E-state index is 0.756. The van der Waals surface area contributed by atoms with Gasteiger partial charge in [-0.3, -0.25) is 0 Å². The number of halogens is 1. The second-order valence-corrected chi connectivity index (χ2v) is 4.44. The molecule has 0 radical (unpaired) electrons. The van der Waals surface area contributed by atoms with E-state index >= 15 is 0 Å². The molecule has 0 aliphatic heterocycles. The van der Waals surface area contributed by atoms with Crippen molar-refractivity contribution in [1.82, 2.24) is 5.32 Å². The minimum absolute atomic E-state index is 0.756. The zero-order chi connectivity index (χ0) is 11.3. The first-order valence-electron chi connectivity index (χ1n) is 5.11. The van der Waals surface area contributed by atoms with E-state index in [4.69, 9.17) is 4.74 Å². The number of benzene rings is 1. The Morgan fingerprint density at radius 2 is 2.07 bits per heavy atom. The molecule has 0 aromatic heterocycles. The molecule has 0 aliphatic carbocycles. The number of aryl methyl sites for hydroxylation is 1. The number of hydrogen-bond donors (Lipinski definition) is 1. The average Bonchev–Trinajstić information content (AvgIpc) is 2.24. The highest BCUT2D eigenvalue weighted by Crippen LogP contribution is 2.23. The molecule has 0 unspecified atom stereocenters. The van der Waals surface area contributed by atoms with Crippen molar-refractivity contribution in [2.24, 2.45) is 0 Å². The second kappa shape index (κ2) is 6.26. The van der Waals surface area contributed by atoms with E-state index in [9.17, 15) is 0 Å². The van der Waals surface area contributed by atoms with E-state index in [0.29, 0.717) is 0 Å². The summed E-state index contributed by atoms with van der Waals surface area (Å²) >= 11 is 3.60. The summed E-state index contributed by atoms with van der Waals surface area (Å²) in [7, 11) is 1.72. The molecule has 0 fully saturated rings. The van der Waals surface area contributed by atoms with E-state index in [1.165, 1.54) is 21.2 Å². The van der Waals surface area contributed by atoms with Gasteiger partial charge in [0.05, 0.1) is 6.61 Å².